The van der Waals surface area contributed by atoms with Crippen molar-refractivity contribution in [2.45, 2.75) is 147 Å². The zero-order chi connectivity index (χ0) is 30.7. The molecule has 3 heterocycles. The van der Waals surface area contributed by atoms with Gasteiger partial charge in [-0.15, -0.1) is 0 Å². The largest absolute Gasteiger partial charge is 0.456 e. The Labute approximate surface area is 257 Å². The predicted molar refractivity (Wildman–Crippen MR) is 162 cm³/mol. The summed E-state index contributed by atoms with van der Waals surface area (Å²) in [5.41, 5.74) is 6.02. The summed E-state index contributed by atoms with van der Waals surface area (Å²) in [5.74, 6) is 0.00331. The molecule has 0 aromatic carbocycles. The van der Waals surface area contributed by atoms with Crippen LogP contribution in [0.25, 0.3) is 0 Å². The Bertz CT molecular complexity index is 991. The van der Waals surface area contributed by atoms with Crippen molar-refractivity contribution in [1.82, 2.24) is 0 Å². The summed E-state index contributed by atoms with van der Waals surface area (Å²) in [6.07, 6.45) is 11.9. The van der Waals surface area contributed by atoms with E-state index in [2.05, 4.69) is 12.2 Å². The van der Waals surface area contributed by atoms with E-state index < -0.39 is 35.9 Å². The second kappa shape index (κ2) is 14.4. The summed E-state index contributed by atoms with van der Waals surface area (Å²) >= 11 is 0. The fourth-order valence-electron chi connectivity index (χ4n) is 8.93. The van der Waals surface area contributed by atoms with Crippen LogP contribution in [0, 0.1) is 29.6 Å². The van der Waals surface area contributed by atoms with Crippen molar-refractivity contribution in [2.24, 2.45) is 35.3 Å². The van der Waals surface area contributed by atoms with Gasteiger partial charge in [0, 0.05) is 36.7 Å². The first kappa shape index (κ1) is 33.0. The van der Waals surface area contributed by atoms with Crippen molar-refractivity contribution in [3.8, 4) is 0 Å². The third-order valence-corrected chi connectivity index (χ3v) is 11.8. The van der Waals surface area contributed by atoms with Gasteiger partial charge in [0.05, 0.1) is 43.5 Å². The Morgan fingerprint density at radius 1 is 1.16 bits per heavy atom. The molecular formula is C34H57N2O7+. The lowest BCUT2D eigenvalue weighted by atomic mass is 9.64. The van der Waals surface area contributed by atoms with Crippen molar-refractivity contribution in [2.75, 3.05) is 13.2 Å². The number of allylic oxidation sites excluding steroid dienone is 1. The Kier molecular flexibility index (Phi) is 11.0. The summed E-state index contributed by atoms with van der Waals surface area (Å²) in [6, 6.07) is 0. The molecule has 0 radical (unpaired) electrons. The molecule has 2 aliphatic carbocycles. The van der Waals surface area contributed by atoms with Gasteiger partial charge in [0.2, 0.25) is 0 Å². The molecule has 0 amide bonds. The smallest absolute Gasteiger partial charge is 0.333 e. The van der Waals surface area contributed by atoms with Crippen LogP contribution in [0.15, 0.2) is 11.6 Å². The number of carbonyl (C=O) groups is 2. The van der Waals surface area contributed by atoms with Gasteiger partial charge >= 0.3 is 5.97 Å². The van der Waals surface area contributed by atoms with Gasteiger partial charge in [-0.3, -0.25) is 10.5 Å². The first-order valence-electron chi connectivity index (χ1n) is 17.2. The van der Waals surface area contributed by atoms with Crippen LogP contribution in [0.4, 0.5) is 0 Å². The van der Waals surface area contributed by atoms with Gasteiger partial charge in [-0.25, -0.2) is 4.79 Å². The fourth-order valence-corrected chi connectivity index (χ4v) is 8.93. The SMILES string of the molecule is CC=C(C)C(=O)OC1CC2C(CC3OC(CO)CC(=O)C3C2O)OC1(C)C(CCC1CCCCC1)CC1CCC(N)[NH2+]C1. The Hall–Kier alpha value is -1.36. The molecule has 5 fully saturated rings. The van der Waals surface area contributed by atoms with Crippen molar-refractivity contribution in [3.63, 3.8) is 0 Å². The molecule has 9 heteroatoms. The number of esters is 1. The summed E-state index contributed by atoms with van der Waals surface area (Å²) in [6.45, 7) is 6.51. The Balaban J connectivity index is 1.43. The van der Waals surface area contributed by atoms with Crippen LogP contribution in [0.5, 0.6) is 0 Å². The molecule has 244 valence electrons. The molecular weight excluding hydrogens is 548 g/mol. The maximum Gasteiger partial charge on any atom is 0.333 e. The number of Topliss-reactive ketones (excluding diaryl/α,β-unsaturated/α-hetero) is 1. The number of aliphatic hydroxyl groups is 2. The number of hydrogen-bond donors (Lipinski definition) is 4. The van der Waals surface area contributed by atoms with Gasteiger partial charge in [-0.2, -0.15) is 0 Å². The molecule has 5 rings (SSSR count). The number of carbonyl (C=O) groups excluding carboxylic acids is 2. The van der Waals surface area contributed by atoms with E-state index in [1.54, 1.807) is 13.0 Å². The van der Waals surface area contributed by atoms with E-state index in [4.69, 9.17) is 19.9 Å². The predicted octanol–water partition coefficient (Wildman–Crippen LogP) is 2.75. The number of rotatable bonds is 9. The van der Waals surface area contributed by atoms with Crippen molar-refractivity contribution < 1.29 is 39.3 Å². The first-order chi connectivity index (χ1) is 20.6. The van der Waals surface area contributed by atoms with Crippen LogP contribution in [-0.4, -0.2) is 77.4 Å². The van der Waals surface area contributed by atoms with E-state index in [1.165, 1.54) is 32.1 Å². The molecule has 3 aliphatic heterocycles. The zero-order valence-electron chi connectivity index (χ0n) is 26.6. The van der Waals surface area contributed by atoms with E-state index in [-0.39, 0.29) is 48.9 Å². The maximum absolute atomic E-state index is 13.2. The molecule has 3 saturated heterocycles. The van der Waals surface area contributed by atoms with Gasteiger partial charge < -0.3 is 29.7 Å². The molecule has 11 unspecified atom stereocenters. The number of piperidine rings is 1. The minimum absolute atomic E-state index is 0.0648. The lowest BCUT2D eigenvalue weighted by Gasteiger charge is -2.56. The van der Waals surface area contributed by atoms with Crippen molar-refractivity contribution in [3.05, 3.63) is 11.6 Å². The first-order valence-corrected chi connectivity index (χ1v) is 17.2. The highest BCUT2D eigenvalue weighted by atomic mass is 16.6. The number of fused-ring (bicyclic) bond motifs is 2. The second-order valence-corrected chi connectivity index (χ2v) is 14.6. The Morgan fingerprint density at radius 2 is 1.93 bits per heavy atom. The Morgan fingerprint density at radius 3 is 2.60 bits per heavy atom. The van der Waals surface area contributed by atoms with Gasteiger partial charge in [-0.1, -0.05) is 44.6 Å². The molecule has 0 aromatic heterocycles. The average Bonchev–Trinajstić information content (AvgIpc) is 3.00. The molecule has 43 heavy (non-hydrogen) atoms. The highest BCUT2D eigenvalue weighted by Gasteiger charge is 2.59. The molecule has 9 nitrogen and oxygen atoms in total. The topological polar surface area (TPSA) is 145 Å². The minimum Gasteiger partial charge on any atom is -0.456 e. The molecule has 11 atom stereocenters. The van der Waals surface area contributed by atoms with Crippen LogP contribution in [-0.2, 0) is 23.8 Å². The summed E-state index contributed by atoms with van der Waals surface area (Å²) < 4.78 is 19.6. The van der Waals surface area contributed by atoms with Crippen molar-refractivity contribution in [1.29, 1.82) is 0 Å². The highest BCUT2D eigenvalue weighted by Crippen LogP contribution is 2.50. The zero-order valence-corrected chi connectivity index (χ0v) is 26.6. The second-order valence-electron chi connectivity index (χ2n) is 14.6. The van der Waals surface area contributed by atoms with Crippen molar-refractivity contribution >= 4 is 11.8 Å². The number of aliphatic hydroxyl groups excluding tert-OH is 2. The van der Waals surface area contributed by atoms with Crippen LogP contribution in [0.1, 0.15) is 104 Å². The van der Waals surface area contributed by atoms with Gasteiger partial charge in [0.1, 0.15) is 23.7 Å². The summed E-state index contributed by atoms with van der Waals surface area (Å²) in [5, 5.41) is 23.6. The lowest BCUT2D eigenvalue weighted by Crippen LogP contribution is -2.95. The molecule has 6 N–H and O–H groups in total. The van der Waals surface area contributed by atoms with E-state index in [0.29, 0.717) is 24.3 Å². The molecule has 5 aliphatic rings. The highest BCUT2D eigenvalue weighted by molar-refractivity contribution is 5.87. The third kappa shape index (κ3) is 7.39. The van der Waals surface area contributed by atoms with E-state index >= 15 is 0 Å². The summed E-state index contributed by atoms with van der Waals surface area (Å²) in [4.78, 5) is 26.3. The molecule has 0 spiro atoms. The summed E-state index contributed by atoms with van der Waals surface area (Å²) in [7, 11) is 0. The van der Waals surface area contributed by atoms with E-state index in [9.17, 15) is 19.8 Å². The minimum atomic E-state index is -0.945. The van der Waals surface area contributed by atoms with E-state index in [0.717, 1.165) is 44.6 Å². The number of ketones is 1. The quantitative estimate of drug-likeness (QED) is 0.232. The average molecular weight is 606 g/mol. The normalized spacial score (nSPS) is 41.7. The van der Waals surface area contributed by atoms with Gasteiger partial charge in [0.25, 0.3) is 0 Å². The van der Waals surface area contributed by atoms with Crippen LogP contribution in [0.2, 0.25) is 0 Å². The van der Waals surface area contributed by atoms with Gasteiger partial charge in [-0.05, 0) is 58.3 Å². The number of hydrogen-bond acceptors (Lipinski definition) is 8. The lowest BCUT2D eigenvalue weighted by molar-refractivity contribution is -0.703. The number of nitrogens with two attached hydrogens (primary N) is 2. The van der Waals surface area contributed by atoms with Gasteiger partial charge in [0.15, 0.2) is 0 Å². The standard InChI is InChI=1S/C34H56N2O7/c1-4-20(2)33(40)42-29-16-25-27(17-28-31(32(25)39)26(38)15-24(19-37)41-28)43-34(29,3)23(12-10-21-8-6-5-7-9-21)14-22-11-13-30(35)36-18-22/h4,21-25,27-32,36-37,39H,5-19,35H2,1-3H3/p+1. The molecule has 0 bridgehead atoms. The van der Waals surface area contributed by atoms with Crippen LogP contribution < -0.4 is 11.1 Å². The number of ether oxygens (including phenoxy) is 3. The molecule has 0 aromatic rings. The third-order valence-electron chi connectivity index (χ3n) is 11.8. The maximum atomic E-state index is 13.2. The van der Waals surface area contributed by atoms with Crippen LogP contribution in [0.3, 0.4) is 0 Å². The monoisotopic (exact) mass is 605 g/mol. The fraction of sp³-hybridized carbons (Fsp3) is 0.882. The number of quaternary nitrogens is 1. The van der Waals surface area contributed by atoms with Crippen LogP contribution >= 0.6 is 0 Å². The molecule has 2 saturated carbocycles. The van der Waals surface area contributed by atoms with E-state index in [1.807, 2.05) is 6.92 Å².